The Bertz CT molecular complexity index is 717. The maximum absolute atomic E-state index is 12.3. The van der Waals surface area contributed by atoms with E-state index in [1.807, 2.05) is 25.7 Å². The molecule has 1 aromatic carbocycles. The van der Waals surface area contributed by atoms with Gasteiger partial charge in [0, 0.05) is 30.1 Å². The summed E-state index contributed by atoms with van der Waals surface area (Å²) >= 11 is 0. The highest BCUT2D eigenvalue weighted by atomic mass is 16.5. The number of carbonyl (C=O) groups excluding carboxylic acids is 3. The molecular weight excluding hydrogens is 382 g/mol. The number of unbranched alkanes of at least 4 members (excludes halogenated alkanes) is 1. The van der Waals surface area contributed by atoms with Crippen LogP contribution in [0.4, 0.5) is 0 Å². The minimum absolute atomic E-state index is 0.0259. The van der Waals surface area contributed by atoms with Crippen molar-refractivity contribution in [3.8, 4) is 5.75 Å². The molecule has 0 radical (unpaired) electrons. The zero-order valence-corrected chi connectivity index (χ0v) is 18.6. The molecule has 1 aliphatic heterocycles. The molecule has 0 unspecified atom stereocenters. The summed E-state index contributed by atoms with van der Waals surface area (Å²) in [6, 6.07) is 6.93. The van der Waals surface area contributed by atoms with Crippen LogP contribution in [0.3, 0.4) is 0 Å². The summed E-state index contributed by atoms with van der Waals surface area (Å²) in [7, 11) is 0. The predicted molar refractivity (Wildman–Crippen MR) is 116 cm³/mol. The largest absolute Gasteiger partial charge is 0.494 e. The first kappa shape index (κ1) is 23.7. The second-order valence-electron chi connectivity index (χ2n) is 8.79. The molecule has 1 fully saturated rings. The second-order valence-corrected chi connectivity index (χ2v) is 8.79. The van der Waals surface area contributed by atoms with E-state index in [0.29, 0.717) is 25.3 Å². The topological polar surface area (TPSA) is 87.7 Å². The zero-order chi connectivity index (χ0) is 22.1. The summed E-state index contributed by atoms with van der Waals surface area (Å²) in [6.07, 6.45) is 3.50. The highest BCUT2D eigenvalue weighted by molar-refractivity contribution is 5.96. The molecular formula is C23H35N3O4. The van der Waals surface area contributed by atoms with E-state index >= 15 is 0 Å². The molecule has 3 amide bonds. The van der Waals surface area contributed by atoms with Crippen LogP contribution in [0.5, 0.6) is 5.75 Å². The Hall–Kier alpha value is -2.57. The van der Waals surface area contributed by atoms with E-state index in [-0.39, 0.29) is 35.7 Å². The quantitative estimate of drug-likeness (QED) is 0.637. The van der Waals surface area contributed by atoms with Gasteiger partial charge in [-0.15, -0.1) is 0 Å². The molecule has 1 aromatic rings. The smallest absolute Gasteiger partial charge is 0.251 e. The molecule has 1 aliphatic rings. The van der Waals surface area contributed by atoms with E-state index in [2.05, 4.69) is 17.6 Å². The van der Waals surface area contributed by atoms with E-state index in [0.717, 1.165) is 31.4 Å². The van der Waals surface area contributed by atoms with Crippen LogP contribution in [-0.2, 0) is 9.59 Å². The highest BCUT2D eigenvalue weighted by Gasteiger charge is 2.30. The molecule has 2 N–H and O–H groups in total. The number of nitrogens with one attached hydrogen (secondary N) is 2. The summed E-state index contributed by atoms with van der Waals surface area (Å²) < 4.78 is 5.58. The van der Waals surface area contributed by atoms with Crippen LogP contribution in [0.15, 0.2) is 24.3 Å². The molecule has 30 heavy (non-hydrogen) atoms. The molecule has 0 saturated carbocycles. The van der Waals surface area contributed by atoms with Crippen molar-refractivity contribution in [2.45, 2.75) is 59.4 Å². The van der Waals surface area contributed by atoms with E-state index < -0.39 is 0 Å². The van der Waals surface area contributed by atoms with Gasteiger partial charge in [-0.25, -0.2) is 0 Å². The van der Waals surface area contributed by atoms with Gasteiger partial charge in [0.25, 0.3) is 5.91 Å². The summed E-state index contributed by atoms with van der Waals surface area (Å²) in [5, 5.41) is 5.60. The van der Waals surface area contributed by atoms with Gasteiger partial charge < -0.3 is 20.3 Å². The highest BCUT2D eigenvalue weighted by Crippen LogP contribution is 2.21. The zero-order valence-electron chi connectivity index (χ0n) is 18.6. The second kappa shape index (κ2) is 11.0. The van der Waals surface area contributed by atoms with Gasteiger partial charge in [0.1, 0.15) is 5.75 Å². The average Bonchev–Trinajstić information content (AvgIpc) is 2.72. The van der Waals surface area contributed by atoms with E-state index in [1.54, 1.807) is 24.3 Å². The van der Waals surface area contributed by atoms with Crippen LogP contribution < -0.4 is 15.4 Å². The monoisotopic (exact) mass is 417 g/mol. The first-order valence-corrected chi connectivity index (χ1v) is 10.8. The average molecular weight is 418 g/mol. The number of hydrogen-bond donors (Lipinski definition) is 2. The lowest BCUT2D eigenvalue weighted by atomic mass is 9.93. The van der Waals surface area contributed by atoms with Gasteiger partial charge >= 0.3 is 0 Å². The maximum atomic E-state index is 12.3. The SMILES string of the molecule is CCCCOc1ccc(C(=O)NCC(=O)NC2CCN(C(=O)C(C)(C)C)CC2)cc1. The van der Waals surface area contributed by atoms with E-state index in [4.69, 9.17) is 4.74 Å². The number of ether oxygens (including phenoxy) is 1. The Kier molecular flexibility index (Phi) is 8.69. The molecule has 2 rings (SSSR count). The molecule has 0 aromatic heterocycles. The normalized spacial score (nSPS) is 14.9. The first-order valence-electron chi connectivity index (χ1n) is 10.8. The lowest BCUT2D eigenvalue weighted by molar-refractivity contribution is -0.140. The maximum Gasteiger partial charge on any atom is 0.251 e. The number of nitrogens with zero attached hydrogens (tertiary/aromatic N) is 1. The van der Waals surface area contributed by atoms with Crippen molar-refractivity contribution in [2.24, 2.45) is 5.41 Å². The number of rotatable bonds is 8. The van der Waals surface area contributed by atoms with Gasteiger partial charge in [-0.1, -0.05) is 34.1 Å². The lowest BCUT2D eigenvalue weighted by Gasteiger charge is -2.36. The summed E-state index contributed by atoms with van der Waals surface area (Å²) in [5.74, 6) is 0.356. The van der Waals surface area contributed by atoms with Crippen LogP contribution in [0.1, 0.15) is 63.7 Å². The Balaban J connectivity index is 1.71. The number of benzene rings is 1. The fraction of sp³-hybridized carbons (Fsp3) is 0.609. The molecule has 0 bridgehead atoms. The number of hydrogen-bond acceptors (Lipinski definition) is 4. The van der Waals surface area contributed by atoms with Crippen LogP contribution in [0.2, 0.25) is 0 Å². The summed E-state index contributed by atoms with van der Waals surface area (Å²) in [4.78, 5) is 38.6. The van der Waals surface area contributed by atoms with Gasteiger partial charge in [0.15, 0.2) is 0 Å². The van der Waals surface area contributed by atoms with Crippen molar-refractivity contribution in [1.82, 2.24) is 15.5 Å². The van der Waals surface area contributed by atoms with E-state index in [1.165, 1.54) is 0 Å². The predicted octanol–water partition coefficient (Wildman–Crippen LogP) is 2.75. The van der Waals surface area contributed by atoms with E-state index in [9.17, 15) is 14.4 Å². The molecule has 1 heterocycles. The molecule has 166 valence electrons. The van der Waals surface area contributed by atoms with Crippen molar-refractivity contribution in [3.63, 3.8) is 0 Å². The van der Waals surface area contributed by atoms with Crippen LogP contribution in [0, 0.1) is 5.41 Å². The Morgan fingerprint density at radius 1 is 1.10 bits per heavy atom. The Morgan fingerprint density at radius 2 is 1.73 bits per heavy atom. The van der Waals surface area contributed by atoms with Gasteiger partial charge in [-0.05, 0) is 43.5 Å². The molecule has 7 nitrogen and oxygen atoms in total. The Morgan fingerprint density at radius 3 is 2.30 bits per heavy atom. The molecule has 0 aliphatic carbocycles. The minimum Gasteiger partial charge on any atom is -0.494 e. The number of likely N-dealkylation sites (tertiary alicyclic amines) is 1. The van der Waals surface area contributed by atoms with Gasteiger partial charge in [0.2, 0.25) is 11.8 Å². The number of piperidine rings is 1. The van der Waals surface area contributed by atoms with Gasteiger partial charge in [0.05, 0.1) is 13.2 Å². The third-order valence-electron chi connectivity index (χ3n) is 5.08. The lowest BCUT2D eigenvalue weighted by Crippen LogP contribution is -2.50. The van der Waals surface area contributed by atoms with Crippen molar-refractivity contribution in [3.05, 3.63) is 29.8 Å². The standard InChI is InChI=1S/C23H35N3O4/c1-5-6-15-30-19-9-7-17(8-10-19)21(28)24-16-20(27)25-18-11-13-26(14-12-18)22(29)23(2,3)4/h7-10,18H,5-6,11-16H2,1-4H3,(H,24,28)(H,25,27). The van der Waals surface area contributed by atoms with Crippen molar-refractivity contribution >= 4 is 17.7 Å². The van der Waals surface area contributed by atoms with Crippen molar-refractivity contribution < 1.29 is 19.1 Å². The van der Waals surface area contributed by atoms with Crippen molar-refractivity contribution in [1.29, 1.82) is 0 Å². The number of carbonyl (C=O) groups is 3. The molecule has 1 saturated heterocycles. The van der Waals surface area contributed by atoms with Crippen LogP contribution >= 0.6 is 0 Å². The van der Waals surface area contributed by atoms with Crippen LogP contribution in [-0.4, -0.2) is 54.9 Å². The van der Waals surface area contributed by atoms with Gasteiger partial charge in [-0.2, -0.15) is 0 Å². The summed E-state index contributed by atoms with van der Waals surface area (Å²) in [5.41, 5.74) is 0.0971. The first-order chi connectivity index (χ1) is 14.2. The molecule has 0 spiro atoms. The molecule has 0 atom stereocenters. The third kappa shape index (κ3) is 7.35. The van der Waals surface area contributed by atoms with Gasteiger partial charge in [-0.3, -0.25) is 14.4 Å². The minimum atomic E-state index is -0.389. The number of amides is 3. The third-order valence-corrected chi connectivity index (χ3v) is 5.08. The molecule has 7 heteroatoms. The summed E-state index contributed by atoms with van der Waals surface area (Å²) in [6.45, 7) is 9.71. The van der Waals surface area contributed by atoms with Crippen molar-refractivity contribution in [2.75, 3.05) is 26.2 Å². The fourth-order valence-electron chi connectivity index (χ4n) is 3.28. The Labute approximate surface area is 179 Å². The van der Waals surface area contributed by atoms with Crippen LogP contribution in [0.25, 0.3) is 0 Å². The fourth-order valence-corrected chi connectivity index (χ4v) is 3.28.